The van der Waals surface area contributed by atoms with Crippen molar-refractivity contribution in [3.63, 3.8) is 0 Å². The van der Waals surface area contributed by atoms with E-state index in [-0.39, 0.29) is 5.91 Å². The van der Waals surface area contributed by atoms with Gasteiger partial charge in [-0.3, -0.25) is 9.89 Å². The monoisotopic (exact) mass is 288 g/mol. The highest BCUT2D eigenvalue weighted by atomic mass is 16.2. The van der Waals surface area contributed by atoms with E-state index in [1.807, 2.05) is 7.05 Å². The minimum atomic E-state index is 0.272. The Morgan fingerprint density at radius 1 is 1.29 bits per heavy atom. The quantitative estimate of drug-likeness (QED) is 0.925. The number of aromatic amines is 1. The summed E-state index contributed by atoms with van der Waals surface area (Å²) in [6.07, 6.45) is 10.4. The largest absolute Gasteiger partial charge is 0.338 e. The average molecular weight is 288 g/mol. The molecule has 1 aromatic rings. The lowest BCUT2D eigenvalue weighted by Crippen LogP contribution is -2.48. The molecule has 114 valence electrons. The van der Waals surface area contributed by atoms with E-state index >= 15 is 0 Å². The van der Waals surface area contributed by atoms with Gasteiger partial charge < -0.3 is 4.90 Å². The smallest absolute Gasteiger partial charge is 0.223 e. The summed E-state index contributed by atoms with van der Waals surface area (Å²) in [5.74, 6) is 3.75. The van der Waals surface area contributed by atoms with Gasteiger partial charge in [-0.05, 0) is 61.7 Å². The number of hydrogen-bond acceptors (Lipinski definition) is 3. The van der Waals surface area contributed by atoms with Crippen molar-refractivity contribution in [3.8, 4) is 0 Å². The molecule has 4 aliphatic carbocycles. The summed E-state index contributed by atoms with van der Waals surface area (Å²) in [4.78, 5) is 18.5. The fraction of sp³-hybridized carbons (Fsp3) is 0.812. The number of hydrogen-bond donors (Lipinski definition) is 1. The van der Waals surface area contributed by atoms with E-state index in [0.29, 0.717) is 12.0 Å². The van der Waals surface area contributed by atoms with Gasteiger partial charge in [0.2, 0.25) is 5.91 Å². The predicted octanol–water partition coefficient (Wildman–Crippen LogP) is 2.37. The molecule has 1 aromatic heterocycles. The SMILES string of the molecule is CN(Cc1ncn[nH]1)C(=O)CC12CC3CC(CC(C3)C1)C2. The first-order valence-corrected chi connectivity index (χ1v) is 8.20. The minimum absolute atomic E-state index is 0.272. The first kappa shape index (κ1) is 13.3. The number of rotatable bonds is 4. The molecule has 0 unspecified atom stereocenters. The highest BCUT2D eigenvalue weighted by Crippen LogP contribution is 2.61. The summed E-state index contributed by atoms with van der Waals surface area (Å²) in [6.45, 7) is 0.533. The van der Waals surface area contributed by atoms with Gasteiger partial charge in [-0.25, -0.2) is 4.98 Å². The number of carbonyl (C=O) groups excluding carboxylic acids is 1. The maximum atomic E-state index is 12.6. The van der Waals surface area contributed by atoms with Crippen LogP contribution in [0, 0.1) is 23.2 Å². The molecule has 4 saturated carbocycles. The van der Waals surface area contributed by atoms with E-state index in [1.54, 1.807) is 4.90 Å². The zero-order valence-electron chi connectivity index (χ0n) is 12.7. The lowest BCUT2D eigenvalue weighted by molar-refractivity contribution is -0.138. The van der Waals surface area contributed by atoms with Crippen LogP contribution in [0.4, 0.5) is 0 Å². The van der Waals surface area contributed by atoms with E-state index in [9.17, 15) is 4.79 Å². The molecular formula is C16H24N4O. The molecule has 5 nitrogen and oxygen atoms in total. The number of nitrogens with one attached hydrogen (secondary N) is 1. The summed E-state index contributed by atoms with van der Waals surface area (Å²) < 4.78 is 0. The maximum Gasteiger partial charge on any atom is 0.223 e. The first-order valence-electron chi connectivity index (χ1n) is 8.20. The fourth-order valence-electron chi connectivity index (χ4n) is 5.58. The van der Waals surface area contributed by atoms with E-state index in [0.717, 1.165) is 30.0 Å². The standard InChI is InChI=1S/C16H24N4O/c1-20(9-14-17-10-18-19-14)15(21)8-16-5-11-2-12(6-16)4-13(3-11)7-16/h10-13H,2-9H2,1H3,(H,17,18,19). The molecule has 21 heavy (non-hydrogen) atoms. The Labute approximate surface area is 125 Å². The van der Waals surface area contributed by atoms with Crippen LogP contribution in [0.25, 0.3) is 0 Å². The second kappa shape index (κ2) is 4.82. The van der Waals surface area contributed by atoms with Gasteiger partial charge in [0.25, 0.3) is 0 Å². The van der Waals surface area contributed by atoms with Crippen molar-refractivity contribution in [3.05, 3.63) is 12.2 Å². The molecule has 4 aliphatic rings. The maximum absolute atomic E-state index is 12.6. The number of H-pyrrole nitrogens is 1. The van der Waals surface area contributed by atoms with E-state index in [1.165, 1.54) is 44.9 Å². The van der Waals surface area contributed by atoms with Crippen LogP contribution < -0.4 is 0 Å². The number of aromatic nitrogens is 3. The normalized spacial score (nSPS) is 36.9. The summed E-state index contributed by atoms with van der Waals surface area (Å²) in [6, 6.07) is 0. The Morgan fingerprint density at radius 2 is 1.90 bits per heavy atom. The third-order valence-corrected chi connectivity index (χ3v) is 5.97. The molecule has 0 aliphatic heterocycles. The van der Waals surface area contributed by atoms with Crippen molar-refractivity contribution in [1.29, 1.82) is 0 Å². The molecule has 0 aromatic carbocycles. The lowest BCUT2D eigenvalue weighted by Gasteiger charge is -2.56. The molecule has 5 heteroatoms. The van der Waals surface area contributed by atoms with Crippen molar-refractivity contribution in [2.24, 2.45) is 23.2 Å². The van der Waals surface area contributed by atoms with Gasteiger partial charge in [0, 0.05) is 13.5 Å². The van der Waals surface area contributed by atoms with Crippen molar-refractivity contribution in [2.75, 3.05) is 7.05 Å². The Kier molecular flexibility index (Phi) is 3.05. The van der Waals surface area contributed by atoms with Gasteiger partial charge in [0.1, 0.15) is 12.2 Å². The van der Waals surface area contributed by atoms with Gasteiger partial charge in [-0.15, -0.1) is 0 Å². The second-order valence-electron chi connectivity index (χ2n) is 7.78. The van der Waals surface area contributed by atoms with E-state index in [2.05, 4.69) is 15.2 Å². The van der Waals surface area contributed by atoms with Gasteiger partial charge in [-0.1, -0.05) is 0 Å². The predicted molar refractivity (Wildman–Crippen MR) is 78.1 cm³/mol. The molecule has 4 fully saturated rings. The molecule has 0 saturated heterocycles. The Hall–Kier alpha value is -1.39. The average Bonchev–Trinajstić information content (AvgIpc) is 2.89. The summed E-state index contributed by atoms with van der Waals surface area (Å²) in [5.41, 5.74) is 0.321. The molecule has 0 atom stereocenters. The van der Waals surface area contributed by atoms with Gasteiger partial charge >= 0.3 is 0 Å². The zero-order chi connectivity index (χ0) is 14.4. The zero-order valence-corrected chi connectivity index (χ0v) is 12.7. The van der Waals surface area contributed by atoms with E-state index in [4.69, 9.17) is 0 Å². The van der Waals surface area contributed by atoms with Crippen LogP contribution in [0.15, 0.2) is 6.33 Å². The van der Waals surface area contributed by atoms with Crippen molar-refractivity contribution in [2.45, 2.75) is 51.5 Å². The van der Waals surface area contributed by atoms with Crippen LogP contribution in [0.5, 0.6) is 0 Å². The second-order valence-corrected chi connectivity index (χ2v) is 7.78. The molecular weight excluding hydrogens is 264 g/mol. The lowest BCUT2D eigenvalue weighted by atomic mass is 9.49. The summed E-state index contributed by atoms with van der Waals surface area (Å²) >= 11 is 0. The highest BCUT2D eigenvalue weighted by Gasteiger charge is 2.51. The van der Waals surface area contributed by atoms with Crippen LogP contribution in [0.3, 0.4) is 0 Å². The van der Waals surface area contributed by atoms with Gasteiger partial charge in [0.15, 0.2) is 0 Å². The molecule has 4 bridgehead atoms. The molecule has 0 radical (unpaired) electrons. The van der Waals surface area contributed by atoms with E-state index < -0.39 is 0 Å². The molecule has 1 N–H and O–H groups in total. The van der Waals surface area contributed by atoms with Crippen LogP contribution in [-0.4, -0.2) is 33.0 Å². The van der Waals surface area contributed by atoms with Crippen molar-refractivity contribution < 1.29 is 4.79 Å². The van der Waals surface area contributed by atoms with Crippen LogP contribution in [0.2, 0.25) is 0 Å². The summed E-state index contributed by atoms with van der Waals surface area (Å²) in [7, 11) is 1.88. The first-order chi connectivity index (χ1) is 10.1. The van der Waals surface area contributed by atoms with Crippen LogP contribution in [0.1, 0.15) is 50.8 Å². The van der Waals surface area contributed by atoms with Gasteiger partial charge in [-0.2, -0.15) is 5.10 Å². The van der Waals surface area contributed by atoms with Crippen LogP contribution >= 0.6 is 0 Å². The molecule has 0 spiro atoms. The number of amides is 1. The molecule has 1 amide bonds. The number of carbonyl (C=O) groups is 1. The summed E-state index contributed by atoms with van der Waals surface area (Å²) in [5, 5.41) is 6.67. The topological polar surface area (TPSA) is 61.9 Å². The highest BCUT2D eigenvalue weighted by molar-refractivity contribution is 5.76. The Morgan fingerprint density at radius 3 is 2.43 bits per heavy atom. The third-order valence-electron chi connectivity index (χ3n) is 5.97. The fourth-order valence-corrected chi connectivity index (χ4v) is 5.58. The third kappa shape index (κ3) is 2.47. The van der Waals surface area contributed by atoms with Crippen molar-refractivity contribution in [1.82, 2.24) is 20.1 Å². The molecule has 1 heterocycles. The minimum Gasteiger partial charge on any atom is -0.338 e. The Balaban J connectivity index is 1.42. The number of nitrogens with zero attached hydrogens (tertiary/aromatic N) is 3. The van der Waals surface area contributed by atoms with Crippen molar-refractivity contribution >= 4 is 5.91 Å². The Bertz CT molecular complexity index is 489. The van der Waals surface area contributed by atoms with Gasteiger partial charge in [0.05, 0.1) is 6.54 Å². The molecule has 5 rings (SSSR count). The van der Waals surface area contributed by atoms with Crippen LogP contribution in [-0.2, 0) is 11.3 Å².